The van der Waals surface area contributed by atoms with Crippen molar-refractivity contribution >= 4 is 11.8 Å². The number of benzene rings is 2. The number of aromatic nitrogens is 1. The topological polar surface area (TPSA) is 104 Å². The fourth-order valence-corrected chi connectivity index (χ4v) is 4.67. The van der Waals surface area contributed by atoms with Crippen LogP contribution < -0.4 is 15.4 Å². The Bertz CT molecular complexity index is 1230. The summed E-state index contributed by atoms with van der Waals surface area (Å²) in [7, 11) is 1.63. The lowest BCUT2D eigenvalue weighted by molar-refractivity contribution is 0.0351. The minimum Gasteiger partial charge on any atom is -0.497 e. The molecule has 0 aliphatic heterocycles. The largest absolute Gasteiger partial charge is 0.497 e. The zero-order chi connectivity index (χ0) is 28.9. The molecule has 0 radical (unpaired) electrons. The van der Waals surface area contributed by atoms with Crippen molar-refractivity contribution in [2.75, 3.05) is 26.7 Å². The first-order chi connectivity index (χ1) is 19.4. The molecule has 0 fully saturated rings. The Morgan fingerprint density at radius 2 is 1.82 bits per heavy atom. The summed E-state index contributed by atoms with van der Waals surface area (Å²) in [6.07, 6.45) is 2.79. The van der Waals surface area contributed by atoms with Crippen LogP contribution in [0, 0.1) is 6.92 Å². The number of aliphatic hydroxyl groups is 1. The van der Waals surface area contributed by atoms with E-state index in [4.69, 9.17) is 4.74 Å². The van der Waals surface area contributed by atoms with Crippen molar-refractivity contribution in [2.45, 2.75) is 58.7 Å². The molecule has 1 aromatic heterocycles. The van der Waals surface area contributed by atoms with Gasteiger partial charge in [0.1, 0.15) is 5.75 Å². The molecule has 0 aliphatic carbocycles. The number of ether oxygens (including phenoxy) is 1. The van der Waals surface area contributed by atoms with Crippen LogP contribution in [0.1, 0.15) is 64.2 Å². The highest BCUT2D eigenvalue weighted by Crippen LogP contribution is 2.19. The third-order valence-corrected chi connectivity index (χ3v) is 6.65. The van der Waals surface area contributed by atoms with E-state index < -0.39 is 12.1 Å². The number of nitrogens with one attached hydrogen (secondary N) is 2. The fraction of sp³-hybridized carbons (Fsp3) is 0.406. The summed E-state index contributed by atoms with van der Waals surface area (Å²) in [5.41, 5.74) is 3.53. The molecule has 0 unspecified atom stereocenters. The SMILES string of the molecule is CCCNC(=O)c1cc(C)cc(C(=O)N(CCC)[C@@H](Cc2ccccn2)[C@H](O)CNCc2cccc(OC)c2)c1. The maximum Gasteiger partial charge on any atom is 0.254 e. The van der Waals surface area contributed by atoms with Crippen LogP contribution in [-0.2, 0) is 13.0 Å². The molecule has 40 heavy (non-hydrogen) atoms. The standard InChI is InChI=1S/C32H42N4O4/c1-5-13-35-31(38)25-16-23(3)17-26(19-25)32(39)36(15-6-2)29(20-27-11-7-8-14-34-27)30(37)22-33-21-24-10-9-12-28(18-24)40-4/h7-12,14,16-19,29-30,33,37H,5-6,13,15,20-22H2,1-4H3,(H,35,38)/t29-,30+/m0/s1. The Morgan fingerprint density at radius 3 is 2.52 bits per heavy atom. The van der Waals surface area contributed by atoms with Gasteiger partial charge in [-0.15, -0.1) is 0 Å². The third kappa shape index (κ3) is 8.89. The fourth-order valence-electron chi connectivity index (χ4n) is 4.67. The lowest BCUT2D eigenvalue weighted by Gasteiger charge is -2.35. The van der Waals surface area contributed by atoms with Crippen LogP contribution >= 0.6 is 0 Å². The van der Waals surface area contributed by atoms with Gasteiger partial charge < -0.3 is 25.4 Å². The first-order valence-electron chi connectivity index (χ1n) is 14.0. The van der Waals surface area contributed by atoms with E-state index in [2.05, 4.69) is 15.6 Å². The van der Waals surface area contributed by atoms with E-state index in [9.17, 15) is 14.7 Å². The van der Waals surface area contributed by atoms with E-state index in [1.165, 1.54) is 0 Å². The van der Waals surface area contributed by atoms with Crippen LogP contribution in [0.4, 0.5) is 0 Å². The van der Waals surface area contributed by atoms with Crippen LogP contribution in [0.25, 0.3) is 0 Å². The Kier molecular flexibility index (Phi) is 12.1. The van der Waals surface area contributed by atoms with E-state index in [1.54, 1.807) is 36.4 Å². The van der Waals surface area contributed by atoms with Crippen LogP contribution in [0.5, 0.6) is 5.75 Å². The van der Waals surface area contributed by atoms with Gasteiger partial charge in [-0.2, -0.15) is 0 Å². The minimum atomic E-state index is -0.861. The molecule has 8 heteroatoms. The van der Waals surface area contributed by atoms with Gasteiger partial charge >= 0.3 is 0 Å². The van der Waals surface area contributed by atoms with Gasteiger partial charge in [-0.3, -0.25) is 14.6 Å². The van der Waals surface area contributed by atoms with Gasteiger partial charge in [0.2, 0.25) is 0 Å². The second-order valence-corrected chi connectivity index (χ2v) is 9.98. The van der Waals surface area contributed by atoms with Gasteiger partial charge in [-0.25, -0.2) is 0 Å². The Balaban J connectivity index is 1.86. The number of nitrogens with zero attached hydrogens (tertiary/aromatic N) is 2. The molecule has 2 aromatic carbocycles. The highest BCUT2D eigenvalue weighted by molar-refractivity contribution is 6.00. The van der Waals surface area contributed by atoms with Crippen molar-refractivity contribution in [1.82, 2.24) is 20.5 Å². The van der Waals surface area contributed by atoms with E-state index in [1.807, 2.05) is 63.2 Å². The number of pyridine rings is 1. The first kappa shape index (κ1) is 30.8. The molecule has 1 heterocycles. The highest BCUT2D eigenvalue weighted by Gasteiger charge is 2.31. The molecular formula is C32H42N4O4. The molecule has 0 bridgehead atoms. The Labute approximate surface area is 237 Å². The van der Waals surface area contributed by atoms with E-state index in [-0.39, 0.29) is 18.4 Å². The van der Waals surface area contributed by atoms with Crippen LogP contribution in [0.15, 0.2) is 66.9 Å². The number of hydrogen-bond acceptors (Lipinski definition) is 6. The number of carbonyl (C=O) groups excluding carboxylic acids is 2. The number of amides is 2. The lowest BCUT2D eigenvalue weighted by Crippen LogP contribution is -2.51. The Hall–Kier alpha value is -3.75. The number of hydrogen-bond donors (Lipinski definition) is 3. The van der Waals surface area contributed by atoms with E-state index in [0.717, 1.165) is 29.0 Å². The molecule has 0 spiro atoms. The summed E-state index contributed by atoms with van der Waals surface area (Å²) in [6.45, 7) is 7.72. The lowest BCUT2D eigenvalue weighted by atomic mass is 9.99. The van der Waals surface area contributed by atoms with Gasteiger partial charge in [-0.1, -0.05) is 32.0 Å². The van der Waals surface area contributed by atoms with Crippen LogP contribution in [-0.4, -0.2) is 65.7 Å². The zero-order valence-electron chi connectivity index (χ0n) is 24.0. The average molecular weight is 547 g/mol. The molecule has 3 rings (SSSR count). The summed E-state index contributed by atoms with van der Waals surface area (Å²) in [5, 5.41) is 17.7. The molecule has 0 saturated carbocycles. The van der Waals surface area contributed by atoms with E-state index >= 15 is 0 Å². The molecule has 214 valence electrons. The summed E-state index contributed by atoms with van der Waals surface area (Å²) < 4.78 is 5.31. The normalized spacial score (nSPS) is 12.4. The van der Waals surface area contributed by atoms with Gasteiger partial charge in [0.05, 0.1) is 19.3 Å². The molecule has 2 atom stereocenters. The van der Waals surface area contributed by atoms with Crippen LogP contribution in [0.2, 0.25) is 0 Å². The number of rotatable bonds is 15. The van der Waals surface area contributed by atoms with Crippen molar-refractivity contribution in [3.8, 4) is 5.75 Å². The molecule has 0 aliphatic rings. The predicted octanol–water partition coefficient (Wildman–Crippen LogP) is 4.15. The highest BCUT2D eigenvalue weighted by atomic mass is 16.5. The minimum absolute atomic E-state index is 0.201. The number of carbonyl (C=O) groups is 2. The van der Waals surface area contributed by atoms with Crippen molar-refractivity contribution < 1.29 is 19.4 Å². The second kappa shape index (κ2) is 15.7. The van der Waals surface area contributed by atoms with E-state index in [0.29, 0.717) is 43.6 Å². The van der Waals surface area contributed by atoms with Crippen molar-refractivity contribution in [2.24, 2.45) is 0 Å². The predicted molar refractivity (Wildman–Crippen MR) is 158 cm³/mol. The molecule has 3 N–H and O–H groups in total. The Morgan fingerprint density at radius 1 is 1.02 bits per heavy atom. The number of aliphatic hydroxyl groups excluding tert-OH is 1. The van der Waals surface area contributed by atoms with Gasteiger partial charge in [0, 0.05) is 55.6 Å². The van der Waals surface area contributed by atoms with Gasteiger partial charge in [-0.05, 0) is 73.4 Å². The molecule has 3 aromatic rings. The molecule has 2 amide bonds. The first-order valence-corrected chi connectivity index (χ1v) is 14.0. The molecular weight excluding hydrogens is 504 g/mol. The summed E-state index contributed by atoms with van der Waals surface area (Å²) in [5.74, 6) is 0.352. The van der Waals surface area contributed by atoms with Gasteiger partial charge in [0.15, 0.2) is 0 Å². The molecule has 0 saturated heterocycles. The number of aryl methyl sites for hydroxylation is 1. The van der Waals surface area contributed by atoms with Crippen molar-refractivity contribution in [3.63, 3.8) is 0 Å². The smallest absolute Gasteiger partial charge is 0.254 e. The zero-order valence-corrected chi connectivity index (χ0v) is 24.0. The van der Waals surface area contributed by atoms with Gasteiger partial charge in [0.25, 0.3) is 11.8 Å². The second-order valence-electron chi connectivity index (χ2n) is 9.98. The monoisotopic (exact) mass is 546 g/mol. The van der Waals surface area contributed by atoms with Crippen LogP contribution in [0.3, 0.4) is 0 Å². The van der Waals surface area contributed by atoms with Crippen molar-refractivity contribution in [1.29, 1.82) is 0 Å². The quantitative estimate of drug-likeness (QED) is 0.265. The average Bonchev–Trinajstić information content (AvgIpc) is 2.97. The molecule has 8 nitrogen and oxygen atoms in total. The maximum absolute atomic E-state index is 14.0. The number of methoxy groups -OCH3 is 1. The maximum atomic E-state index is 14.0. The third-order valence-electron chi connectivity index (χ3n) is 6.65. The summed E-state index contributed by atoms with van der Waals surface area (Å²) in [4.78, 5) is 32.9. The summed E-state index contributed by atoms with van der Waals surface area (Å²) in [6, 6.07) is 18.1. The van der Waals surface area contributed by atoms with Crippen molar-refractivity contribution in [3.05, 3.63) is 94.8 Å². The summed E-state index contributed by atoms with van der Waals surface area (Å²) >= 11 is 0.